The molecule has 1 aliphatic rings. The Morgan fingerprint density at radius 2 is 1.86 bits per heavy atom. The van der Waals surface area contributed by atoms with E-state index in [4.69, 9.17) is 4.74 Å². The van der Waals surface area contributed by atoms with Gasteiger partial charge in [-0.1, -0.05) is 18.2 Å². The van der Waals surface area contributed by atoms with Gasteiger partial charge in [-0.3, -0.25) is 4.72 Å². The van der Waals surface area contributed by atoms with Gasteiger partial charge in [0.25, 0.3) is 10.0 Å². The van der Waals surface area contributed by atoms with E-state index in [0.29, 0.717) is 33.9 Å². The normalized spacial score (nSPS) is 15.7. The highest BCUT2D eigenvalue weighted by atomic mass is 32.2. The third-order valence-corrected chi connectivity index (χ3v) is 7.87. The first-order valence-corrected chi connectivity index (χ1v) is 13.0. The Morgan fingerprint density at radius 3 is 2.58 bits per heavy atom. The van der Waals surface area contributed by atoms with Gasteiger partial charge in [-0.25, -0.2) is 18.4 Å². The molecule has 12 heteroatoms. The first kappa shape index (κ1) is 24.2. The minimum atomic E-state index is -4.51. The average molecular weight is 536 g/mol. The topological polar surface area (TPSA) is 81.2 Å². The molecule has 6 nitrogen and oxygen atoms in total. The molecule has 0 saturated heterocycles. The molecule has 0 fully saturated rings. The van der Waals surface area contributed by atoms with E-state index in [9.17, 15) is 26.0 Å². The van der Waals surface area contributed by atoms with Gasteiger partial charge in [0.05, 0.1) is 17.1 Å². The molecule has 36 heavy (non-hydrogen) atoms. The number of nitrogens with zero attached hydrogens (tertiary/aromatic N) is 2. The highest BCUT2D eigenvalue weighted by Crippen LogP contribution is 2.44. The predicted octanol–water partition coefficient (Wildman–Crippen LogP) is 6.08. The third-order valence-electron chi connectivity index (χ3n) is 5.71. The maximum Gasteiger partial charge on any atom is 0.416 e. The lowest BCUT2D eigenvalue weighted by Gasteiger charge is -2.28. The molecule has 2 aromatic carbocycles. The number of aromatic nitrogens is 2. The monoisotopic (exact) mass is 535 g/mol. The van der Waals surface area contributed by atoms with Crippen molar-refractivity contribution in [3.8, 4) is 16.3 Å². The molecule has 2 aromatic heterocycles. The van der Waals surface area contributed by atoms with Crippen LogP contribution in [-0.2, 0) is 16.2 Å². The van der Waals surface area contributed by atoms with E-state index in [2.05, 4.69) is 14.7 Å². The van der Waals surface area contributed by atoms with Crippen LogP contribution in [-0.4, -0.2) is 25.0 Å². The standard InChI is InChI=1S/C24H17F4N3O3S2/c25-21-2-1-3-22(30-21)31-36(32,33)15-5-7-18-17(8-10-34-20(18)13-15)16-6-4-14(24(26,27)28)12-19(16)23-29-9-11-35-23/h1-7,9,11-13,17H,8,10H2,(H,30,31). The van der Waals surface area contributed by atoms with Gasteiger partial charge in [-0.2, -0.15) is 17.6 Å². The van der Waals surface area contributed by atoms with Crippen LogP contribution in [0.3, 0.4) is 0 Å². The summed E-state index contributed by atoms with van der Waals surface area (Å²) >= 11 is 1.23. The number of thiazole rings is 1. The van der Waals surface area contributed by atoms with Gasteiger partial charge in [0.15, 0.2) is 0 Å². The zero-order chi connectivity index (χ0) is 25.5. The third kappa shape index (κ3) is 4.78. The summed E-state index contributed by atoms with van der Waals surface area (Å²) in [5.41, 5.74) is 0.872. The minimum absolute atomic E-state index is 0.125. The van der Waals surface area contributed by atoms with Crippen LogP contribution in [0.5, 0.6) is 5.75 Å². The summed E-state index contributed by atoms with van der Waals surface area (Å²) in [6, 6.07) is 11.6. The second kappa shape index (κ2) is 9.17. The molecule has 3 heterocycles. The predicted molar refractivity (Wildman–Crippen MR) is 126 cm³/mol. The Morgan fingerprint density at radius 1 is 1.06 bits per heavy atom. The molecule has 1 atom stereocenters. The van der Waals surface area contributed by atoms with E-state index in [1.807, 2.05) is 0 Å². The SMILES string of the molecule is O=S(=O)(Nc1cccc(F)n1)c1ccc2c(c1)OCCC2c1ccc(C(F)(F)F)cc1-c1nccs1. The Bertz CT molecular complexity index is 1520. The summed E-state index contributed by atoms with van der Waals surface area (Å²) < 4.78 is 87.3. The zero-order valence-electron chi connectivity index (χ0n) is 18.3. The fourth-order valence-corrected chi connectivity index (χ4v) is 5.79. The van der Waals surface area contributed by atoms with Crippen molar-refractivity contribution in [2.75, 3.05) is 11.3 Å². The number of hydrogen-bond donors (Lipinski definition) is 1. The number of rotatable bonds is 5. The van der Waals surface area contributed by atoms with Gasteiger partial charge < -0.3 is 4.74 Å². The summed E-state index contributed by atoms with van der Waals surface area (Å²) in [6.45, 7) is 0.235. The van der Waals surface area contributed by atoms with E-state index in [1.54, 1.807) is 11.4 Å². The van der Waals surface area contributed by atoms with Gasteiger partial charge in [0, 0.05) is 34.7 Å². The number of benzene rings is 2. The van der Waals surface area contributed by atoms with Crippen molar-refractivity contribution >= 4 is 27.2 Å². The molecule has 4 aromatic rings. The van der Waals surface area contributed by atoms with E-state index < -0.39 is 27.7 Å². The Labute approximate surface area is 207 Å². The molecule has 0 spiro atoms. The van der Waals surface area contributed by atoms with Crippen LogP contribution >= 0.6 is 11.3 Å². The highest BCUT2D eigenvalue weighted by Gasteiger charge is 2.33. The molecule has 1 unspecified atom stereocenters. The van der Waals surface area contributed by atoms with Crippen molar-refractivity contribution in [2.45, 2.75) is 23.4 Å². The van der Waals surface area contributed by atoms with Crippen molar-refractivity contribution < 1.29 is 30.7 Å². The van der Waals surface area contributed by atoms with Gasteiger partial charge in [-0.05, 0) is 42.3 Å². The zero-order valence-corrected chi connectivity index (χ0v) is 19.9. The molecule has 0 radical (unpaired) electrons. The fraction of sp³-hybridized carbons (Fsp3) is 0.167. The lowest BCUT2D eigenvalue weighted by atomic mass is 9.83. The number of halogens is 4. The van der Waals surface area contributed by atoms with Gasteiger partial charge in [-0.15, -0.1) is 11.3 Å². The molecular weight excluding hydrogens is 518 g/mol. The van der Waals surface area contributed by atoms with E-state index >= 15 is 0 Å². The van der Waals surface area contributed by atoms with Crippen molar-refractivity contribution in [2.24, 2.45) is 0 Å². The van der Waals surface area contributed by atoms with Crippen LogP contribution in [0, 0.1) is 5.95 Å². The molecule has 0 saturated carbocycles. The van der Waals surface area contributed by atoms with Gasteiger partial charge in [0.1, 0.15) is 16.6 Å². The number of pyridine rings is 1. The van der Waals surface area contributed by atoms with Crippen LogP contribution in [0.25, 0.3) is 10.6 Å². The van der Waals surface area contributed by atoms with Crippen molar-refractivity contribution in [3.63, 3.8) is 0 Å². The fourth-order valence-electron chi connectivity index (χ4n) is 4.10. The second-order valence-corrected chi connectivity index (χ2v) is 10.6. The summed E-state index contributed by atoms with van der Waals surface area (Å²) in [4.78, 5) is 7.60. The summed E-state index contributed by atoms with van der Waals surface area (Å²) in [6.07, 6.45) is -2.50. The quantitative estimate of drug-likeness (QED) is 0.248. The molecule has 0 aliphatic carbocycles. The molecule has 5 rings (SSSR count). The first-order valence-electron chi connectivity index (χ1n) is 10.6. The molecule has 1 N–H and O–H groups in total. The highest BCUT2D eigenvalue weighted by molar-refractivity contribution is 7.92. The van der Waals surface area contributed by atoms with Crippen LogP contribution in [0.1, 0.15) is 29.0 Å². The van der Waals surface area contributed by atoms with Gasteiger partial charge in [0.2, 0.25) is 5.95 Å². The Hall–Kier alpha value is -3.51. The van der Waals surface area contributed by atoms with Crippen molar-refractivity contribution in [1.82, 2.24) is 9.97 Å². The summed E-state index contributed by atoms with van der Waals surface area (Å²) in [5, 5.41) is 2.14. The number of nitrogens with one attached hydrogen (secondary N) is 1. The van der Waals surface area contributed by atoms with Crippen LogP contribution < -0.4 is 9.46 Å². The Balaban J connectivity index is 1.53. The second-order valence-electron chi connectivity index (χ2n) is 7.98. The maximum atomic E-state index is 13.4. The Kier molecular flexibility index (Phi) is 6.17. The van der Waals surface area contributed by atoms with Crippen LogP contribution in [0.4, 0.5) is 23.4 Å². The van der Waals surface area contributed by atoms with Gasteiger partial charge >= 0.3 is 6.18 Å². The minimum Gasteiger partial charge on any atom is -0.493 e. The smallest absolute Gasteiger partial charge is 0.416 e. The number of fused-ring (bicyclic) bond motifs is 1. The van der Waals surface area contributed by atoms with E-state index in [0.717, 1.165) is 18.2 Å². The lowest BCUT2D eigenvalue weighted by molar-refractivity contribution is -0.137. The molecule has 0 amide bonds. The van der Waals surface area contributed by atoms with Crippen LogP contribution in [0.2, 0.25) is 0 Å². The summed E-state index contributed by atoms with van der Waals surface area (Å²) in [7, 11) is -4.10. The lowest BCUT2D eigenvalue weighted by Crippen LogP contribution is -2.18. The molecule has 186 valence electrons. The van der Waals surface area contributed by atoms with E-state index in [1.165, 1.54) is 47.9 Å². The largest absolute Gasteiger partial charge is 0.493 e. The molecular formula is C24H17F4N3O3S2. The average Bonchev–Trinajstić information content (AvgIpc) is 3.37. The summed E-state index contributed by atoms with van der Waals surface area (Å²) in [5.74, 6) is -1.06. The maximum absolute atomic E-state index is 13.4. The number of hydrogen-bond acceptors (Lipinski definition) is 6. The van der Waals surface area contributed by atoms with Crippen molar-refractivity contribution in [3.05, 3.63) is 88.8 Å². The number of ether oxygens (including phenoxy) is 1. The number of alkyl halides is 3. The molecule has 0 bridgehead atoms. The first-order chi connectivity index (χ1) is 17.1. The number of anilines is 1. The molecule has 1 aliphatic heterocycles. The van der Waals surface area contributed by atoms with Crippen molar-refractivity contribution in [1.29, 1.82) is 0 Å². The van der Waals surface area contributed by atoms with E-state index in [-0.39, 0.29) is 23.2 Å². The van der Waals surface area contributed by atoms with Crippen LogP contribution in [0.15, 0.2) is 71.1 Å². The number of sulfonamides is 1.